The fourth-order valence-electron chi connectivity index (χ4n) is 3.37. The molecule has 5 heteroatoms. The summed E-state index contributed by atoms with van der Waals surface area (Å²) in [6.07, 6.45) is 2.40. The van der Waals surface area contributed by atoms with Crippen LogP contribution in [0.25, 0.3) is 21.3 Å². The molecule has 0 bridgehead atoms. The number of benzene rings is 2. The van der Waals surface area contributed by atoms with Gasteiger partial charge < -0.3 is 0 Å². The van der Waals surface area contributed by atoms with Crippen molar-refractivity contribution in [3.05, 3.63) is 86.8 Å². The summed E-state index contributed by atoms with van der Waals surface area (Å²) in [5.41, 5.74) is 5.87. The largest absolute Gasteiger partial charge is 0.292 e. The van der Waals surface area contributed by atoms with Gasteiger partial charge in [-0.3, -0.25) is 14.2 Å². The van der Waals surface area contributed by atoms with Crippen molar-refractivity contribution in [1.82, 2.24) is 9.55 Å². The molecular weight excluding hydrogens is 380 g/mol. The van der Waals surface area contributed by atoms with Crippen LogP contribution in [-0.4, -0.2) is 15.3 Å². The summed E-state index contributed by atoms with van der Waals surface area (Å²) >= 11 is 1.45. The summed E-state index contributed by atoms with van der Waals surface area (Å²) < 4.78 is 1.41. The molecule has 0 unspecified atom stereocenters. The zero-order valence-electron chi connectivity index (χ0n) is 16.7. The average Bonchev–Trinajstić information content (AvgIpc) is 3.17. The van der Waals surface area contributed by atoms with Gasteiger partial charge >= 0.3 is 0 Å². The van der Waals surface area contributed by atoms with Crippen molar-refractivity contribution < 1.29 is 4.79 Å². The van der Waals surface area contributed by atoms with Crippen molar-refractivity contribution >= 4 is 27.3 Å². The standard InChI is InChI=1S/C24H22N2O2S/c1-4-17-6-9-18(10-7-17)21(27)12-26-14-25-23-22(24(26)28)20(13-29-23)19-8-5-15(2)16(3)11-19/h5-11,13-14H,4,12H2,1-3H3. The van der Waals surface area contributed by atoms with Crippen LogP contribution >= 0.6 is 11.3 Å². The summed E-state index contributed by atoms with van der Waals surface area (Å²) in [4.78, 5) is 31.0. The minimum absolute atomic E-state index is 0.0184. The van der Waals surface area contributed by atoms with E-state index in [0.29, 0.717) is 15.8 Å². The van der Waals surface area contributed by atoms with E-state index >= 15 is 0 Å². The first-order valence-electron chi connectivity index (χ1n) is 9.64. The van der Waals surface area contributed by atoms with Gasteiger partial charge in [-0.05, 0) is 42.5 Å². The Morgan fingerprint density at radius 1 is 1.07 bits per heavy atom. The molecule has 0 saturated carbocycles. The quantitative estimate of drug-likeness (QED) is 0.432. The van der Waals surface area contributed by atoms with Gasteiger partial charge in [-0.1, -0.05) is 49.4 Å². The van der Waals surface area contributed by atoms with Gasteiger partial charge in [0.25, 0.3) is 5.56 Å². The number of nitrogens with zero attached hydrogens (tertiary/aromatic N) is 2. The molecule has 4 rings (SSSR count). The molecule has 0 N–H and O–H groups in total. The van der Waals surface area contributed by atoms with Gasteiger partial charge in [-0.2, -0.15) is 0 Å². The van der Waals surface area contributed by atoms with E-state index in [9.17, 15) is 9.59 Å². The van der Waals surface area contributed by atoms with E-state index in [2.05, 4.69) is 37.9 Å². The van der Waals surface area contributed by atoms with Crippen LogP contribution in [0.1, 0.15) is 34.0 Å². The maximum atomic E-state index is 13.2. The van der Waals surface area contributed by atoms with E-state index in [1.54, 1.807) is 0 Å². The lowest BCUT2D eigenvalue weighted by molar-refractivity contribution is 0.0970. The van der Waals surface area contributed by atoms with Crippen molar-refractivity contribution in [2.75, 3.05) is 0 Å². The third-order valence-corrected chi connectivity index (χ3v) is 6.26. The number of aryl methyl sites for hydroxylation is 3. The topological polar surface area (TPSA) is 52.0 Å². The molecule has 0 aliphatic carbocycles. The maximum absolute atomic E-state index is 13.2. The first-order chi connectivity index (χ1) is 14.0. The highest BCUT2D eigenvalue weighted by atomic mass is 32.1. The number of Topliss-reactive ketones (excluding diaryl/α,β-unsaturated/α-hetero) is 1. The van der Waals surface area contributed by atoms with Crippen LogP contribution in [-0.2, 0) is 13.0 Å². The van der Waals surface area contributed by atoms with E-state index in [-0.39, 0.29) is 17.9 Å². The molecule has 4 aromatic rings. The Morgan fingerprint density at radius 3 is 2.52 bits per heavy atom. The Hall–Kier alpha value is -3.05. The Morgan fingerprint density at radius 2 is 1.83 bits per heavy atom. The lowest BCUT2D eigenvalue weighted by atomic mass is 10.0. The summed E-state index contributed by atoms with van der Waals surface area (Å²) in [7, 11) is 0. The van der Waals surface area contributed by atoms with E-state index in [1.165, 1.54) is 38.9 Å². The molecule has 0 radical (unpaired) electrons. The molecule has 2 aromatic carbocycles. The normalized spacial score (nSPS) is 11.1. The molecule has 0 aliphatic rings. The highest BCUT2D eigenvalue weighted by Gasteiger charge is 2.16. The van der Waals surface area contributed by atoms with Gasteiger partial charge in [0.15, 0.2) is 5.78 Å². The predicted octanol–water partition coefficient (Wildman–Crippen LogP) is 5.19. The van der Waals surface area contributed by atoms with Crippen LogP contribution in [0, 0.1) is 13.8 Å². The van der Waals surface area contributed by atoms with Crippen LogP contribution in [0.4, 0.5) is 0 Å². The number of rotatable bonds is 5. The van der Waals surface area contributed by atoms with E-state index in [1.807, 2.05) is 35.7 Å². The summed E-state index contributed by atoms with van der Waals surface area (Å²) in [5.74, 6) is -0.0983. The molecule has 146 valence electrons. The van der Waals surface area contributed by atoms with Crippen LogP contribution in [0.5, 0.6) is 0 Å². The first kappa shape index (κ1) is 19.3. The highest BCUT2D eigenvalue weighted by Crippen LogP contribution is 2.31. The van der Waals surface area contributed by atoms with Crippen molar-refractivity contribution in [2.45, 2.75) is 33.7 Å². The zero-order valence-corrected chi connectivity index (χ0v) is 17.5. The smallest absolute Gasteiger partial charge is 0.263 e. The molecule has 2 heterocycles. The summed E-state index contributed by atoms with van der Waals surface area (Å²) in [6.45, 7) is 6.19. The van der Waals surface area contributed by atoms with Crippen LogP contribution in [0.15, 0.2) is 59.0 Å². The van der Waals surface area contributed by atoms with Crippen molar-refractivity contribution in [2.24, 2.45) is 0 Å². The number of thiophene rings is 1. The predicted molar refractivity (Wildman–Crippen MR) is 119 cm³/mol. The van der Waals surface area contributed by atoms with Gasteiger partial charge in [0.2, 0.25) is 0 Å². The van der Waals surface area contributed by atoms with Gasteiger partial charge in [0.1, 0.15) is 4.83 Å². The first-order valence-corrected chi connectivity index (χ1v) is 10.5. The third-order valence-electron chi connectivity index (χ3n) is 5.38. The van der Waals surface area contributed by atoms with Gasteiger partial charge in [0.05, 0.1) is 18.3 Å². The molecule has 0 spiro atoms. The summed E-state index contributed by atoms with van der Waals surface area (Å²) in [6, 6.07) is 13.7. The number of hydrogen-bond donors (Lipinski definition) is 0. The Labute approximate surface area is 173 Å². The monoisotopic (exact) mass is 402 g/mol. The Kier molecular flexibility index (Phi) is 5.16. The van der Waals surface area contributed by atoms with E-state index in [4.69, 9.17) is 0 Å². The van der Waals surface area contributed by atoms with Gasteiger partial charge in [-0.25, -0.2) is 4.98 Å². The van der Waals surface area contributed by atoms with Gasteiger partial charge in [-0.15, -0.1) is 11.3 Å². The second-order valence-electron chi connectivity index (χ2n) is 7.28. The zero-order chi connectivity index (χ0) is 20.5. The average molecular weight is 403 g/mol. The van der Waals surface area contributed by atoms with E-state index < -0.39 is 0 Å². The molecule has 0 aliphatic heterocycles. The Balaban J connectivity index is 1.72. The molecule has 2 aromatic heterocycles. The Bertz CT molecular complexity index is 1270. The van der Waals surface area contributed by atoms with E-state index in [0.717, 1.165) is 17.5 Å². The molecule has 4 nitrogen and oxygen atoms in total. The molecule has 0 atom stereocenters. The second-order valence-corrected chi connectivity index (χ2v) is 8.14. The second kappa shape index (κ2) is 7.76. The number of aromatic nitrogens is 2. The highest BCUT2D eigenvalue weighted by molar-refractivity contribution is 7.17. The fraction of sp³-hybridized carbons (Fsp3) is 0.208. The third kappa shape index (κ3) is 3.66. The molecule has 29 heavy (non-hydrogen) atoms. The van der Waals surface area contributed by atoms with Crippen LogP contribution < -0.4 is 5.56 Å². The number of ketones is 1. The molecule has 0 saturated heterocycles. The maximum Gasteiger partial charge on any atom is 0.263 e. The minimum atomic E-state index is -0.178. The summed E-state index contributed by atoms with van der Waals surface area (Å²) in [5, 5.41) is 2.55. The number of carbonyl (C=O) groups is 1. The van der Waals surface area contributed by atoms with Crippen LogP contribution in [0.2, 0.25) is 0 Å². The van der Waals surface area contributed by atoms with Crippen LogP contribution in [0.3, 0.4) is 0 Å². The van der Waals surface area contributed by atoms with Gasteiger partial charge in [0, 0.05) is 16.5 Å². The van der Waals surface area contributed by atoms with Crippen molar-refractivity contribution in [1.29, 1.82) is 0 Å². The number of carbonyl (C=O) groups excluding carboxylic acids is 1. The SMILES string of the molecule is CCc1ccc(C(=O)Cn2cnc3scc(-c4ccc(C)c(C)c4)c3c2=O)cc1. The fourth-order valence-corrected chi connectivity index (χ4v) is 4.28. The lowest BCUT2D eigenvalue weighted by Crippen LogP contribution is -2.24. The molecule has 0 amide bonds. The number of fused-ring (bicyclic) bond motifs is 1. The number of hydrogen-bond acceptors (Lipinski definition) is 4. The lowest BCUT2D eigenvalue weighted by Gasteiger charge is -2.07. The molecule has 0 fully saturated rings. The molecular formula is C24H22N2O2S. The van der Waals surface area contributed by atoms with Crippen molar-refractivity contribution in [3.63, 3.8) is 0 Å². The minimum Gasteiger partial charge on any atom is -0.292 e. The van der Waals surface area contributed by atoms with Crippen molar-refractivity contribution in [3.8, 4) is 11.1 Å².